The second-order valence-corrected chi connectivity index (χ2v) is 4.73. The highest BCUT2D eigenvalue weighted by Gasteiger charge is 1.88. The number of hydrogen-bond donors (Lipinski definition) is 0. The minimum absolute atomic E-state index is 1.03. The van der Waals surface area contributed by atoms with Crippen LogP contribution >= 0.6 is 0 Å². The number of rotatable bonds is 7. The van der Waals surface area contributed by atoms with Crippen molar-refractivity contribution in [3.8, 4) is 0 Å². The van der Waals surface area contributed by atoms with Gasteiger partial charge in [-0.3, -0.25) is 0 Å². The monoisotopic (exact) mass is 258 g/mol. The Hall–Kier alpha value is -1.56. The van der Waals surface area contributed by atoms with Gasteiger partial charge in [0.2, 0.25) is 0 Å². The van der Waals surface area contributed by atoms with Gasteiger partial charge in [0.05, 0.1) is 0 Å². The summed E-state index contributed by atoms with van der Waals surface area (Å²) in [6, 6.07) is 0. The van der Waals surface area contributed by atoms with Gasteiger partial charge >= 0.3 is 0 Å². The molecule has 0 aromatic heterocycles. The predicted octanol–water partition coefficient (Wildman–Crippen LogP) is 6.56. The average molecular weight is 258 g/mol. The van der Waals surface area contributed by atoms with Gasteiger partial charge in [0, 0.05) is 0 Å². The van der Waals surface area contributed by atoms with Crippen molar-refractivity contribution in [3.63, 3.8) is 0 Å². The smallest absolute Gasteiger partial charge is 0.0161 e. The maximum Gasteiger partial charge on any atom is -0.0161 e. The molecule has 0 atom stereocenters. The van der Waals surface area contributed by atoms with Crippen molar-refractivity contribution in [2.24, 2.45) is 0 Å². The minimum Gasteiger partial charge on any atom is -0.0991 e. The largest absolute Gasteiger partial charge is 0.0991 e. The molecule has 0 aromatic rings. The number of hydrogen-bond acceptors (Lipinski definition) is 0. The van der Waals surface area contributed by atoms with Crippen molar-refractivity contribution < 1.29 is 0 Å². The molecule has 0 radical (unpaired) electrons. The van der Waals surface area contributed by atoms with E-state index in [-0.39, 0.29) is 0 Å². The van der Waals surface area contributed by atoms with Crippen LogP contribution in [-0.4, -0.2) is 0 Å². The summed E-state index contributed by atoms with van der Waals surface area (Å²) in [6.07, 6.45) is 15.3. The zero-order valence-electron chi connectivity index (χ0n) is 13.2. The van der Waals surface area contributed by atoms with Crippen molar-refractivity contribution in [2.45, 2.75) is 47.0 Å². The normalized spacial score (nSPS) is 10.9. The Morgan fingerprint density at radius 1 is 0.842 bits per heavy atom. The molecule has 0 aliphatic heterocycles. The molecule has 0 unspecified atom stereocenters. The molecule has 0 heterocycles. The van der Waals surface area contributed by atoms with Crippen LogP contribution in [0.25, 0.3) is 0 Å². The van der Waals surface area contributed by atoms with Crippen LogP contribution in [0.2, 0.25) is 0 Å². The molecule has 0 bridgehead atoms. The molecule has 0 nitrogen and oxygen atoms in total. The standard InChI is InChI=1S/C15H24.C4H6/c1-6-14(4)10-8-12-15(5)11-7-9-13(2)3;1-3-4-2/h6,9-10,12H,1,7-8,11H2,2-5H3;3-4H,1-2H2/b14-10+,15-12+;. The Balaban J connectivity index is 0. The van der Waals surface area contributed by atoms with E-state index in [1.54, 1.807) is 12.2 Å². The average Bonchev–Trinajstić information content (AvgIpc) is 2.38. The van der Waals surface area contributed by atoms with Crippen LogP contribution in [0.3, 0.4) is 0 Å². The van der Waals surface area contributed by atoms with Crippen molar-refractivity contribution in [2.75, 3.05) is 0 Å². The first-order chi connectivity index (χ1) is 8.97. The van der Waals surface area contributed by atoms with E-state index >= 15 is 0 Å². The lowest BCUT2D eigenvalue weighted by Gasteiger charge is -1.98. The van der Waals surface area contributed by atoms with E-state index in [2.05, 4.69) is 65.7 Å². The maximum absolute atomic E-state index is 3.73. The third-order valence-corrected chi connectivity index (χ3v) is 2.49. The van der Waals surface area contributed by atoms with E-state index in [0.717, 1.165) is 12.8 Å². The topological polar surface area (TPSA) is 0 Å². The lowest BCUT2D eigenvalue weighted by molar-refractivity contribution is 0.958. The predicted molar refractivity (Wildman–Crippen MR) is 91.4 cm³/mol. The van der Waals surface area contributed by atoms with Crippen LogP contribution in [0, 0.1) is 0 Å². The Bertz CT molecular complexity index is 338. The van der Waals surface area contributed by atoms with E-state index in [0.29, 0.717) is 0 Å². The zero-order chi connectivity index (χ0) is 15.1. The molecule has 0 heteroatoms. The van der Waals surface area contributed by atoms with Gasteiger partial charge in [0.1, 0.15) is 0 Å². The molecule has 106 valence electrons. The Morgan fingerprint density at radius 3 is 1.84 bits per heavy atom. The third-order valence-electron chi connectivity index (χ3n) is 2.49. The highest BCUT2D eigenvalue weighted by Crippen LogP contribution is 2.08. The summed E-state index contributed by atoms with van der Waals surface area (Å²) >= 11 is 0. The van der Waals surface area contributed by atoms with Crippen LogP contribution < -0.4 is 0 Å². The molecule has 0 saturated carbocycles. The summed E-state index contributed by atoms with van der Waals surface area (Å²) in [5.74, 6) is 0. The molecule has 19 heavy (non-hydrogen) atoms. The fourth-order valence-corrected chi connectivity index (χ4v) is 1.22. The Morgan fingerprint density at radius 2 is 1.42 bits per heavy atom. The molecule has 0 aliphatic rings. The van der Waals surface area contributed by atoms with Crippen LogP contribution in [0.5, 0.6) is 0 Å². The summed E-state index contributed by atoms with van der Waals surface area (Å²) in [4.78, 5) is 0. The van der Waals surface area contributed by atoms with Crippen molar-refractivity contribution in [1.82, 2.24) is 0 Å². The van der Waals surface area contributed by atoms with E-state index in [9.17, 15) is 0 Å². The molecule has 0 N–H and O–H groups in total. The molecule has 0 fully saturated rings. The summed E-state index contributed by atoms with van der Waals surface area (Å²) in [6.45, 7) is 19.0. The van der Waals surface area contributed by atoms with Crippen LogP contribution in [-0.2, 0) is 0 Å². The first kappa shape index (κ1) is 19.8. The van der Waals surface area contributed by atoms with Gasteiger partial charge in [-0.25, -0.2) is 0 Å². The highest BCUT2D eigenvalue weighted by atomic mass is 13.9. The third kappa shape index (κ3) is 19.0. The van der Waals surface area contributed by atoms with Crippen LogP contribution in [0.1, 0.15) is 47.0 Å². The molecule has 0 amide bonds. The quantitative estimate of drug-likeness (QED) is 0.358. The van der Waals surface area contributed by atoms with Crippen molar-refractivity contribution >= 4 is 0 Å². The van der Waals surface area contributed by atoms with Gasteiger partial charge in [-0.15, -0.1) is 0 Å². The lowest BCUT2D eigenvalue weighted by atomic mass is 10.1. The van der Waals surface area contributed by atoms with E-state index in [1.807, 2.05) is 6.08 Å². The summed E-state index contributed by atoms with van der Waals surface area (Å²) in [7, 11) is 0. The van der Waals surface area contributed by atoms with E-state index in [4.69, 9.17) is 0 Å². The van der Waals surface area contributed by atoms with Gasteiger partial charge in [-0.05, 0) is 47.0 Å². The van der Waals surface area contributed by atoms with Crippen molar-refractivity contribution in [1.29, 1.82) is 0 Å². The maximum atomic E-state index is 3.73. The van der Waals surface area contributed by atoms with Crippen LogP contribution in [0.4, 0.5) is 0 Å². The summed E-state index contributed by atoms with van der Waals surface area (Å²) in [5.41, 5.74) is 4.13. The second kappa shape index (κ2) is 14.5. The van der Waals surface area contributed by atoms with Gasteiger partial charge in [-0.1, -0.05) is 72.9 Å². The first-order valence-electron chi connectivity index (χ1n) is 6.79. The Labute approximate surface area is 120 Å². The summed E-state index contributed by atoms with van der Waals surface area (Å²) < 4.78 is 0. The Kier molecular flexibility index (Phi) is 15.1. The molecule has 0 aromatic carbocycles. The number of allylic oxidation sites excluding steroid dienone is 9. The van der Waals surface area contributed by atoms with E-state index in [1.165, 1.54) is 23.1 Å². The minimum atomic E-state index is 1.03. The fraction of sp³-hybridized carbons (Fsp3) is 0.368. The highest BCUT2D eigenvalue weighted by molar-refractivity contribution is 5.15. The molecular weight excluding hydrogens is 228 g/mol. The van der Waals surface area contributed by atoms with Crippen molar-refractivity contribution in [3.05, 3.63) is 72.9 Å². The first-order valence-corrected chi connectivity index (χ1v) is 6.79. The molecular formula is C19H30. The van der Waals surface area contributed by atoms with Gasteiger partial charge < -0.3 is 0 Å². The van der Waals surface area contributed by atoms with Gasteiger partial charge in [0.15, 0.2) is 0 Å². The zero-order valence-corrected chi connectivity index (χ0v) is 13.2. The van der Waals surface area contributed by atoms with Gasteiger partial charge in [0.25, 0.3) is 0 Å². The molecule has 0 saturated heterocycles. The molecule has 0 rings (SSSR count). The summed E-state index contributed by atoms with van der Waals surface area (Å²) in [5, 5.41) is 0. The SMILES string of the molecule is C=C/C(C)=C/C/C=C(\C)CCC=C(C)C.C=CC=C. The molecule has 0 spiro atoms. The van der Waals surface area contributed by atoms with Gasteiger partial charge in [-0.2, -0.15) is 0 Å². The fourth-order valence-electron chi connectivity index (χ4n) is 1.22. The second-order valence-electron chi connectivity index (χ2n) is 4.73. The molecule has 0 aliphatic carbocycles. The lowest BCUT2D eigenvalue weighted by Crippen LogP contribution is -1.77. The van der Waals surface area contributed by atoms with E-state index < -0.39 is 0 Å². The van der Waals surface area contributed by atoms with Crippen LogP contribution in [0.15, 0.2) is 72.9 Å².